The van der Waals surface area contributed by atoms with Gasteiger partial charge in [-0.15, -0.1) is 0 Å². The van der Waals surface area contributed by atoms with Gasteiger partial charge in [0, 0.05) is 6.54 Å². The summed E-state index contributed by atoms with van der Waals surface area (Å²) < 4.78 is 22.9. The topological polar surface area (TPSA) is 60.4 Å². The molecule has 7 rings (SSSR count). The second-order valence-electron chi connectivity index (χ2n) is 7.32. The maximum atomic E-state index is 11.5. The largest absolute Gasteiger partial charge is 0.496 e. The van der Waals surface area contributed by atoms with E-state index >= 15 is 0 Å². The Morgan fingerprint density at radius 1 is 1.25 bits per heavy atom. The second kappa shape index (κ2) is 4.07. The van der Waals surface area contributed by atoms with Crippen LogP contribution in [-0.4, -0.2) is 48.3 Å². The molecule has 1 aliphatic carbocycles. The van der Waals surface area contributed by atoms with Gasteiger partial charge in [0.25, 0.3) is 0 Å². The average Bonchev–Trinajstić information content (AvgIpc) is 3.20. The Morgan fingerprint density at radius 2 is 2.04 bits per heavy atom. The predicted octanol–water partition coefficient (Wildman–Crippen LogP) is 1.65. The number of hydrogen-bond acceptors (Lipinski definition) is 6. The maximum absolute atomic E-state index is 11.5. The summed E-state index contributed by atoms with van der Waals surface area (Å²) in [4.78, 5) is 2.46. The highest BCUT2D eigenvalue weighted by Crippen LogP contribution is 2.64. The Kier molecular flexibility index (Phi) is 2.29. The molecule has 0 aromatic heterocycles. The van der Waals surface area contributed by atoms with E-state index in [2.05, 4.69) is 11.0 Å². The number of methoxy groups -OCH3 is 1. The number of hydrogen-bond donors (Lipinski definition) is 1. The molecule has 6 nitrogen and oxygen atoms in total. The summed E-state index contributed by atoms with van der Waals surface area (Å²) in [6, 6.07) is 4.07. The smallest absolute Gasteiger partial charge is 0.234 e. The van der Waals surface area contributed by atoms with E-state index in [4.69, 9.17) is 18.9 Å². The van der Waals surface area contributed by atoms with E-state index in [1.54, 1.807) is 7.11 Å². The number of nitrogens with zero attached hydrogens (tertiary/aromatic N) is 1. The fraction of sp³-hybridized carbons (Fsp3) is 0.556. The molecule has 1 N–H and O–H groups in total. The summed E-state index contributed by atoms with van der Waals surface area (Å²) >= 11 is 0. The molecule has 2 fully saturated rings. The third-order valence-corrected chi connectivity index (χ3v) is 6.38. The van der Waals surface area contributed by atoms with Gasteiger partial charge < -0.3 is 24.1 Å². The molecule has 126 valence electrons. The fourth-order valence-electron chi connectivity index (χ4n) is 5.50. The van der Waals surface area contributed by atoms with Gasteiger partial charge in [-0.05, 0) is 48.7 Å². The van der Waals surface area contributed by atoms with Gasteiger partial charge in [-0.1, -0.05) is 0 Å². The van der Waals surface area contributed by atoms with Crippen LogP contribution in [-0.2, 0) is 9.47 Å². The molecule has 4 bridgehead atoms. The summed E-state index contributed by atoms with van der Waals surface area (Å²) in [6.07, 6.45) is 4.01. The van der Waals surface area contributed by atoms with Gasteiger partial charge in [0.2, 0.25) is 12.6 Å². The quantitative estimate of drug-likeness (QED) is 0.845. The Bertz CT molecular complexity index is 792. The van der Waals surface area contributed by atoms with E-state index in [-0.39, 0.29) is 24.4 Å². The Hall–Kier alpha value is -1.76. The third kappa shape index (κ3) is 1.32. The average molecular weight is 329 g/mol. The SMILES string of the molecule is COC1=CC23CCCN2CC2OC1(O)C3c1cc3c(cc12)OCO3. The van der Waals surface area contributed by atoms with E-state index in [9.17, 15) is 5.11 Å². The van der Waals surface area contributed by atoms with Crippen LogP contribution in [0.1, 0.15) is 36.0 Å². The van der Waals surface area contributed by atoms with Crippen molar-refractivity contribution in [3.05, 3.63) is 35.1 Å². The van der Waals surface area contributed by atoms with Crippen molar-refractivity contribution in [2.24, 2.45) is 0 Å². The summed E-state index contributed by atoms with van der Waals surface area (Å²) in [6.45, 7) is 2.04. The first-order valence-electron chi connectivity index (χ1n) is 8.52. The van der Waals surface area contributed by atoms with Crippen LogP contribution in [0.4, 0.5) is 0 Å². The molecule has 4 unspecified atom stereocenters. The predicted molar refractivity (Wildman–Crippen MR) is 82.7 cm³/mol. The minimum absolute atomic E-state index is 0.199. The standard InChI is InChI=1S/C18H19NO5/c1-21-15-7-17-3-2-4-19(17)8-14-10-5-12-13(23-9-22-12)6-11(10)16(17)18(15,20)24-14/h5-7,14,16,20H,2-4,8-9H2,1H3. The van der Waals surface area contributed by atoms with Crippen molar-refractivity contribution in [3.8, 4) is 11.5 Å². The number of rotatable bonds is 1. The summed E-state index contributed by atoms with van der Waals surface area (Å²) in [5, 5.41) is 11.5. The number of benzene rings is 1. The number of aliphatic hydroxyl groups is 1. The zero-order valence-electron chi connectivity index (χ0n) is 13.4. The van der Waals surface area contributed by atoms with Crippen molar-refractivity contribution < 1.29 is 24.1 Å². The fourth-order valence-corrected chi connectivity index (χ4v) is 5.50. The van der Waals surface area contributed by atoms with Crippen LogP contribution < -0.4 is 9.47 Å². The van der Waals surface area contributed by atoms with Gasteiger partial charge in [0.05, 0.1) is 24.7 Å². The van der Waals surface area contributed by atoms with E-state index in [1.165, 1.54) is 0 Å². The van der Waals surface area contributed by atoms with Crippen LogP contribution >= 0.6 is 0 Å². The van der Waals surface area contributed by atoms with Crippen molar-refractivity contribution in [1.29, 1.82) is 0 Å². The van der Waals surface area contributed by atoms with Crippen LogP contribution in [0.25, 0.3) is 0 Å². The highest BCUT2D eigenvalue weighted by atomic mass is 16.7. The summed E-state index contributed by atoms with van der Waals surface area (Å²) in [7, 11) is 1.61. The van der Waals surface area contributed by atoms with Crippen LogP contribution in [0.3, 0.4) is 0 Å². The number of fused-ring (bicyclic) bond motifs is 1. The van der Waals surface area contributed by atoms with Crippen molar-refractivity contribution >= 4 is 0 Å². The van der Waals surface area contributed by atoms with E-state index in [0.717, 1.165) is 48.6 Å². The van der Waals surface area contributed by atoms with Gasteiger partial charge >= 0.3 is 0 Å². The summed E-state index contributed by atoms with van der Waals surface area (Å²) in [5.41, 5.74) is 1.97. The molecule has 5 heterocycles. The number of ether oxygens (including phenoxy) is 4. The highest BCUT2D eigenvalue weighted by molar-refractivity contribution is 5.57. The molecule has 24 heavy (non-hydrogen) atoms. The zero-order chi connectivity index (χ0) is 16.1. The lowest BCUT2D eigenvalue weighted by molar-refractivity contribution is -0.237. The Balaban J connectivity index is 1.65. The van der Waals surface area contributed by atoms with E-state index in [1.807, 2.05) is 12.1 Å². The van der Waals surface area contributed by atoms with Crippen LogP contribution in [0.15, 0.2) is 24.0 Å². The summed E-state index contributed by atoms with van der Waals surface area (Å²) in [5.74, 6) is 0.447. The molecule has 6 aliphatic rings. The molecular formula is C18H19NO5. The first kappa shape index (κ1) is 13.5. The first-order chi connectivity index (χ1) is 11.7. The van der Waals surface area contributed by atoms with Gasteiger partial charge in [0.15, 0.2) is 17.3 Å². The monoisotopic (exact) mass is 329 g/mol. The normalized spacial score (nSPS) is 41.0. The van der Waals surface area contributed by atoms with Crippen molar-refractivity contribution in [2.45, 2.75) is 36.2 Å². The molecule has 6 heteroatoms. The Morgan fingerprint density at radius 3 is 2.83 bits per heavy atom. The Labute approximate surface area is 139 Å². The van der Waals surface area contributed by atoms with Crippen molar-refractivity contribution in [2.75, 3.05) is 27.0 Å². The van der Waals surface area contributed by atoms with Crippen molar-refractivity contribution in [3.63, 3.8) is 0 Å². The van der Waals surface area contributed by atoms with Crippen LogP contribution in [0.5, 0.6) is 11.5 Å². The highest BCUT2D eigenvalue weighted by Gasteiger charge is 2.68. The molecule has 1 aromatic rings. The minimum atomic E-state index is -1.40. The minimum Gasteiger partial charge on any atom is -0.496 e. The third-order valence-electron chi connectivity index (χ3n) is 6.38. The molecule has 4 atom stereocenters. The first-order valence-corrected chi connectivity index (χ1v) is 8.52. The molecular weight excluding hydrogens is 310 g/mol. The van der Waals surface area contributed by atoms with Gasteiger partial charge in [0.1, 0.15) is 0 Å². The van der Waals surface area contributed by atoms with Gasteiger partial charge in [-0.3, -0.25) is 4.90 Å². The lowest BCUT2D eigenvalue weighted by Gasteiger charge is -2.42. The zero-order valence-corrected chi connectivity index (χ0v) is 13.4. The molecule has 2 saturated heterocycles. The van der Waals surface area contributed by atoms with Crippen LogP contribution in [0.2, 0.25) is 0 Å². The lowest BCUT2D eigenvalue weighted by atomic mass is 9.75. The van der Waals surface area contributed by atoms with E-state index < -0.39 is 5.79 Å². The second-order valence-corrected chi connectivity index (χ2v) is 7.32. The molecule has 1 spiro atoms. The van der Waals surface area contributed by atoms with E-state index in [0.29, 0.717) is 5.76 Å². The lowest BCUT2D eigenvalue weighted by Crippen LogP contribution is -2.50. The van der Waals surface area contributed by atoms with Gasteiger partial charge in [-0.2, -0.15) is 0 Å². The molecule has 0 amide bonds. The van der Waals surface area contributed by atoms with Gasteiger partial charge in [-0.25, -0.2) is 0 Å². The molecule has 5 aliphatic heterocycles. The molecule has 1 aromatic carbocycles. The molecule has 0 saturated carbocycles. The van der Waals surface area contributed by atoms with Crippen molar-refractivity contribution in [1.82, 2.24) is 4.90 Å². The van der Waals surface area contributed by atoms with Crippen LogP contribution in [0, 0.1) is 0 Å². The maximum Gasteiger partial charge on any atom is 0.234 e. The molecule has 0 radical (unpaired) electrons.